The van der Waals surface area contributed by atoms with Crippen molar-refractivity contribution < 1.29 is 13.7 Å². The molecule has 0 saturated carbocycles. The predicted octanol–water partition coefficient (Wildman–Crippen LogP) is 6.81. The number of piperazine rings is 1. The lowest BCUT2D eigenvalue weighted by molar-refractivity contribution is 0.150. The van der Waals surface area contributed by atoms with E-state index in [-0.39, 0.29) is 0 Å². The number of anilines is 5. The fraction of sp³-hybridized carbons (Fsp3) is 0.457. The van der Waals surface area contributed by atoms with Gasteiger partial charge in [0.1, 0.15) is 24.5 Å². The number of ether oxygens (including phenoxy) is 1. The number of benzene rings is 2. The van der Waals surface area contributed by atoms with Crippen molar-refractivity contribution >= 4 is 68.1 Å². The first-order valence-electron chi connectivity index (χ1n) is 16.8. The highest BCUT2D eigenvalue weighted by Gasteiger charge is 2.27. The van der Waals surface area contributed by atoms with Crippen molar-refractivity contribution in [3.8, 4) is 5.75 Å². The van der Waals surface area contributed by atoms with E-state index in [1.54, 1.807) is 32.5 Å². The molecule has 0 amide bonds. The highest BCUT2D eigenvalue weighted by Crippen LogP contribution is 2.42. The highest BCUT2D eigenvalue weighted by molar-refractivity contribution is 9.10. The minimum absolute atomic E-state index is 0.298. The van der Waals surface area contributed by atoms with Crippen LogP contribution in [0.2, 0.25) is 0 Å². The molecule has 2 saturated heterocycles. The first kappa shape index (κ1) is 34.5. The first-order valence-corrected chi connectivity index (χ1v) is 20.2. The van der Waals surface area contributed by atoms with Gasteiger partial charge in [-0.05, 0) is 92.2 Å². The summed E-state index contributed by atoms with van der Waals surface area (Å²) in [6.07, 6.45) is 4.85. The third-order valence-corrected chi connectivity index (χ3v) is 11.4. The maximum absolute atomic E-state index is 14.6. The lowest BCUT2D eigenvalue weighted by Crippen LogP contribution is -2.52. The molecule has 48 heavy (non-hydrogen) atoms. The number of fused-ring (bicyclic) bond motifs is 1. The van der Waals surface area contributed by atoms with Crippen LogP contribution in [0.5, 0.6) is 5.75 Å². The molecule has 0 bridgehead atoms. The maximum Gasteiger partial charge on any atom is 0.229 e. The van der Waals surface area contributed by atoms with Crippen LogP contribution in [0.15, 0.2) is 41.0 Å². The van der Waals surface area contributed by atoms with E-state index in [9.17, 15) is 8.96 Å². The van der Waals surface area contributed by atoms with Gasteiger partial charge in [-0.15, -0.1) is 0 Å². The molecule has 2 aromatic heterocycles. The van der Waals surface area contributed by atoms with Crippen molar-refractivity contribution in [2.75, 3.05) is 74.7 Å². The van der Waals surface area contributed by atoms with E-state index in [0.717, 1.165) is 70.0 Å². The standard InChI is InChI=1S/C35H45BrFN8O2P/c1-6-23-18-30(32(47-7-2)20-31(23)45-14-10-24(11-15-45)44-16-12-38-13-17-44)42-35-39-21-26(36)34(43-35)41-29-9-8-28-25(33(29)48(4,5)46)19-27(37)22(3)40-28/h8-9,18-21,24,38H,6-7,10-17H2,1-5H3,(H2,39,41,42,43). The number of nitrogens with zero attached hydrogens (tertiary/aromatic N) is 5. The van der Waals surface area contributed by atoms with E-state index in [1.807, 2.05) is 13.0 Å². The number of pyridine rings is 1. The Hall–Kier alpha value is -3.31. The number of halogens is 2. The van der Waals surface area contributed by atoms with Crippen molar-refractivity contribution in [2.45, 2.75) is 46.1 Å². The Kier molecular flexibility index (Phi) is 10.6. The van der Waals surface area contributed by atoms with Crippen LogP contribution in [0, 0.1) is 12.7 Å². The third kappa shape index (κ3) is 7.47. The largest absolute Gasteiger partial charge is 0.492 e. The van der Waals surface area contributed by atoms with Crippen LogP contribution < -0.4 is 30.9 Å². The van der Waals surface area contributed by atoms with Gasteiger partial charge in [0, 0.05) is 74.0 Å². The predicted molar refractivity (Wildman–Crippen MR) is 198 cm³/mol. The summed E-state index contributed by atoms with van der Waals surface area (Å²) in [6.45, 7) is 16.1. The van der Waals surface area contributed by atoms with Crippen LogP contribution in [0.4, 0.5) is 33.2 Å². The maximum atomic E-state index is 14.6. The second kappa shape index (κ2) is 14.7. The van der Waals surface area contributed by atoms with Gasteiger partial charge in [-0.25, -0.2) is 9.37 Å². The second-order valence-corrected chi connectivity index (χ2v) is 16.8. The van der Waals surface area contributed by atoms with Crippen molar-refractivity contribution in [1.29, 1.82) is 0 Å². The van der Waals surface area contributed by atoms with Crippen LogP contribution in [-0.2, 0) is 11.0 Å². The Balaban J connectivity index is 1.27. The Morgan fingerprint density at radius 3 is 2.48 bits per heavy atom. The summed E-state index contributed by atoms with van der Waals surface area (Å²) in [5.41, 5.74) is 4.70. The van der Waals surface area contributed by atoms with Crippen LogP contribution in [0.25, 0.3) is 10.9 Å². The minimum atomic E-state index is -2.87. The van der Waals surface area contributed by atoms with Gasteiger partial charge in [0.15, 0.2) is 0 Å². The highest BCUT2D eigenvalue weighted by atomic mass is 79.9. The van der Waals surface area contributed by atoms with E-state index in [4.69, 9.17) is 9.72 Å². The molecule has 2 aliphatic rings. The molecular weight excluding hydrogens is 694 g/mol. The number of aromatic nitrogens is 3. The first-order chi connectivity index (χ1) is 23.0. The SMILES string of the molecule is CCOc1cc(N2CCC(N3CCNCC3)CC2)c(CC)cc1Nc1ncc(Br)c(Nc2ccc3nc(C)c(F)cc3c2P(C)(C)=O)n1. The minimum Gasteiger partial charge on any atom is -0.492 e. The molecule has 4 heterocycles. The van der Waals surface area contributed by atoms with Crippen molar-refractivity contribution in [3.63, 3.8) is 0 Å². The summed E-state index contributed by atoms with van der Waals surface area (Å²) in [6, 6.07) is 9.98. The fourth-order valence-corrected chi connectivity index (χ4v) is 8.59. The molecule has 13 heteroatoms. The molecule has 256 valence electrons. The zero-order valence-electron chi connectivity index (χ0n) is 28.4. The Morgan fingerprint density at radius 1 is 1.04 bits per heavy atom. The Bertz CT molecular complexity index is 1840. The quantitative estimate of drug-likeness (QED) is 0.150. The number of rotatable bonds is 10. The molecular formula is C35H45BrFN8O2P. The number of piperidine rings is 1. The van der Waals surface area contributed by atoms with E-state index < -0.39 is 13.0 Å². The topological polar surface area (TPSA) is 108 Å². The lowest BCUT2D eigenvalue weighted by Gasteiger charge is -2.41. The van der Waals surface area contributed by atoms with Crippen molar-refractivity contribution in [1.82, 2.24) is 25.2 Å². The molecule has 4 aromatic rings. The van der Waals surface area contributed by atoms with E-state index in [0.29, 0.717) is 56.5 Å². The average molecular weight is 740 g/mol. The Morgan fingerprint density at radius 2 is 1.79 bits per heavy atom. The summed E-state index contributed by atoms with van der Waals surface area (Å²) in [5.74, 6) is 1.15. The molecule has 0 unspecified atom stereocenters. The van der Waals surface area contributed by atoms with Gasteiger partial charge in [-0.1, -0.05) is 6.92 Å². The van der Waals surface area contributed by atoms with Gasteiger partial charge < -0.3 is 30.2 Å². The number of nitrogens with one attached hydrogen (secondary N) is 3. The van der Waals surface area contributed by atoms with Crippen LogP contribution in [0.1, 0.15) is 37.9 Å². The molecule has 2 fully saturated rings. The number of aryl methyl sites for hydroxylation is 2. The molecule has 6 rings (SSSR count). The van der Waals surface area contributed by atoms with E-state index in [1.165, 1.54) is 17.3 Å². The molecule has 10 nitrogen and oxygen atoms in total. The summed E-state index contributed by atoms with van der Waals surface area (Å²) < 4.78 is 35.0. The second-order valence-electron chi connectivity index (χ2n) is 12.8. The van der Waals surface area contributed by atoms with Crippen LogP contribution in [-0.4, -0.2) is 85.1 Å². The van der Waals surface area contributed by atoms with Gasteiger partial charge in [-0.2, -0.15) is 4.98 Å². The van der Waals surface area contributed by atoms with E-state index in [2.05, 4.69) is 70.7 Å². The van der Waals surface area contributed by atoms with Gasteiger partial charge in [-0.3, -0.25) is 9.88 Å². The molecule has 0 spiro atoms. The van der Waals surface area contributed by atoms with Crippen LogP contribution in [0.3, 0.4) is 0 Å². The van der Waals surface area contributed by atoms with Gasteiger partial charge in [0.25, 0.3) is 0 Å². The normalized spacial score (nSPS) is 16.4. The van der Waals surface area contributed by atoms with Crippen molar-refractivity contribution in [2.24, 2.45) is 0 Å². The average Bonchev–Trinajstić information content (AvgIpc) is 3.07. The number of hydrogen-bond acceptors (Lipinski definition) is 10. The van der Waals surface area contributed by atoms with Crippen molar-refractivity contribution in [3.05, 3.63) is 58.1 Å². The summed E-state index contributed by atoms with van der Waals surface area (Å²) >= 11 is 3.57. The molecule has 2 aromatic carbocycles. The monoisotopic (exact) mass is 738 g/mol. The third-order valence-electron chi connectivity index (χ3n) is 9.22. The zero-order chi connectivity index (χ0) is 34.0. The molecule has 0 aliphatic carbocycles. The zero-order valence-corrected chi connectivity index (χ0v) is 30.8. The fourth-order valence-electron chi connectivity index (χ4n) is 6.83. The summed E-state index contributed by atoms with van der Waals surface area (Å²) in [5, 5.41) is 11.2. The summed E-state index contributed by atoms with van der Waals surface area (Å²) in [7, 11) is -2.87. The van der Waals surface area contributed by atoms with Gasteiger partial charge >= 0.3 is 0 Å². The summed E-state index contributed by atoms with van der Waals surface area (Å²) in [4.78, 5) is 18.9. The molecule has 0 radical (unpaired) electrons. The molecule has 3 N–H and O–H groups in total. The van der Waals surface area contributed by atoms with Gasteiger partial charge in [0.2, 0.25) is 5.95 Å². The molecule has 2 aliphatic heterocycles. The smallest absolute Gasteiger partial charge is 0.229 e. The Labute approximate surface area is 290 Å². The van der Waals surface area contributed by atoms with E-state index >= 15 is 0 Å². The number of hydrogen-bond donors (Lipinski definition) is 3. The van der Waals surface area contributed by atoms with Gasteiger partial charge in [0.05, 0.1) is 33.7 Å². The van der Waals surface area contributed by atoms with Crippen LogP contribution >= 0.6 is 23.1 Å². The lowest BCUT2D eigenvalue weighted by atomic mass is 9.99. The molecule has 0 atom stereocenters.